The molecule has 0 radical (unpaired) electrons. The van der Waals surface area contributed by atoms with Crippen LogP contribution in [-0.2, 0) is 0 Å². The first kappa shape index (κ1) is 8.85. The Balaban J connectivity index is 2.32. The summed E-state index contributed by atoms with van der Waals surface area (Å²) in [7, 11) is 0. The highest BCUT2D eigenvalue weighted by atomic mass is 35.5. The predicted molar refractivity (Wildman–Crippen MR) is 55.8 cm³/mol. The number of hydrogen-bond acceptors (Lipinski definition) is 2. The summed E-state index contributed by atoms with van der Waals surface area (Å²) in [5.41, 5.74) is 7.63. The second-order valence-corrected chi connectivity index (χ2v) is 3.84. The molecule has 2 nitrogen and oxygen atoms in total. The van der Waals surface area contributed by atoms with Crippen molar-refractivity contribution in [3.05, 3.63) is 28.8 Å². The molecule has 1 saturated heterocycles. The van der Waals surface area contributed by atoms with Crippen molar-refractivity contribution in [1.82, 2.24) is 5.32 Å². The standard InChI is InChI=1S/C10H13ClN2/c11-9-4-3-7(12)6-8(9)10-2-1-5-13-10/h3-4,6,10,13H,1-2,5,12H2/t10-/m0/s1. The van der Waals surface area contributed by atoms with Crippen molar-refractivity contribution in [2.75, 3.05) is 12.3 Å². The zero-order valence-electron chi connectivity index (χ0n) is 7.39. The maximum Gasteiger partial charge on any atom is 0.0455 e. The van der Waals surface area contributed by atoms with Crippen molar-refractivity contribution in [1.29, 1.82) is 0 Å². The summed E-state index contributed by atoms with van der Waals surface area (Å²) in [5.74, 6) is 0. The molecule has 3 heteroatoms. The molecule has 1 aliphatic rings. The van der Waals surface area contributed by atoms with E-state index in [0.29, 0.717) is 6.04 Å². The van der Waals surface area contributed by atoms with E-state index in [0.717, 1.165) is 29.2 Å². The molecule has 0 amide bonds. The molecule has 0 spiro atoms. The van der Waals surface area contributed by atoms with E-state index in [1.54, 1.807) is 0 Å². The number of hydrogen-bond donors (Lipinski definition) is 2. The Morgan fingerprint density at radius 3 is 3.00 bits per heavy atom. The normalized spacial score (nSPS) is 22.1. The van der Waals surface area contributed by atoms with E-state index in [9.17, 15) is 0 Å². The Hall–Kier alpha value is -0.730. The average molecular weight is 197 g/mol. The first-order chi connectivity index (χ1) is 6.27. The maximum absolute atomic E-state index is 6.08. The Morgan fingerprint density at radius 2 is 2.31 bits per heavy atom. The molecule has 1 aliphatic heterocycles. The van der Waals surface area contributed by atoms with Gasteiger partial charge < -0.3 is 11.1 Å². The Labute approximate surface area is 83.1 Å². The molecule has 1 atom stereocenters. The first-order valence-electron chi connectivity index (χ1n) is 4.55. The van der Waals surface area contributed by atoms with Gasteiger partial charge in [-0.05, 0) is 43.1 Å². The van der Waals surface area contributed by atoms with Gasteiger partial charge in [-0.15, -0.1) is 0 Å². The van der Waals surface area contributed by atoms with Crippen molar-refractivity contribution >= 4 is 17.3 Å². The predicted octanol–water partition coefficient (Wildman–Crippen LogP) is 2.35. The summed E-state index contributed by atoms with van der Waals surface area (Å²) in [6.45, 7) is 1.08. The smallest absolute Gasteiger partial charge is 0.0455 e. The van der Waals surface area contributed by atoms with Crippen LogP contribution in [0.25, 0.3) is 0 Å². The minimum Gasteiger partial charge on any atom is -0.399 e. The van der Waals surface area contributed by atoms with Crippen LogP contribution in [0.15, 0.2) is 18.2 Å². The molecule has 3 N–H and O–H groups in total. The average Bonchev–Trinajstić information content (AvgIpc) is 2.61. The van der Waals surface area contributed by atoms with Crippen LogP contribution in [0.2, 0.25) is 5.02 Å². The Bertz CT molecular complexity index is 306. The zero-order chi connectivity index (χ0) is 9.26. The van der Waals surface area contributed by atoms with Crippen molar-refractivity contribution in [3.63, 3.8) is 0 Å². The number of anilines is 1. The molecule has 0 bridgehead atoms. The van der Waals surface area contributed by atoms with Gasteiger partial charge in [0.2, 0.25) is 0 Å². The van der Waals surface area contributed by atoms with Crippen LogP contribution in [0.4, 0.5) is 5.69 Å². The molecular formula is C10H13ClN2. The van der Waals surface area contributed by atoms with Crippen molar-refractivity contribution < 1.29 is 0 Å². The summed E-state index contributed by atoms with van der Waals surface area (Å²) in [6, 6.07) is 6.06. The number of nitrogens with one attached hydrogen (secondary N) is 1. The van der Waals surface area contributed by atoms with E-state index in [2.05, 4.69) is 5.32 Å². The summed E-state index contributed by atoms with van der Waals surface area (Å²) in [4.78, 5) is 0. The second kappa shape index (κ2) is 3.56. The third kappa shape index (κ3) is 1.79. The molecule has 1 aromatic carbocycles. The van der Waals surface area contributed by atoms with Gasteiger partial charge >= 0.3 is 0 Å². The molecule has 2 rings (SSSR count). The lowest BCUT2D eigenvalue weighted by Crippen LogP contribution is -2.13. The lowest BCUT2D eigenvalue weighted by molar-refractivity contribution is 0.648. The van der Waals surface area contributed by atoms with Crippen LogP contribution in [0, 0.1) is 0 Å². The summed E-state index contributed by atoms with van der Waals surface area (Å²) >= 11 is 6.08. The highest BCUT2D eigenvalue weighted by Crippen LogP contribution is 2.30. The summed E-state index contributed by atoms with van der Waals surface area (Å²) < 4.78 is 0. The Kier molecular flexibility index (Phi) is 2.42. The molecule has 0 unspecified atom stereocenters. The van der Waals surface area contributed by atoms with Gasteiger partial charge in [0.05, 0.1) is 0 Å². The van der Waals surface area contributed by atoms with E-state index in [4.69, 9.17) is 17.3 Å². The number of rotatable bonds is 1. The van der Waals surface area contributed by atoms with E-state index in [-0.39, 0.29) is 0 Å². The zero-order valence-corrected chi connectivity index (χ0v) is 8.14. The van der Waals surface area contributed by atoms with Crippen molar-refractivity contribution in [3.8, 4) is 0 Å². The van der Waals surface area contributed by atoms with Gasteiger partial charge in [0, 0.05) is 16.8 Å². The number of nitrogen functional groups attached to an aromatic ring is 1. The Morgan fingerprint density at radius 1 is 1.46 bits per heavy atom. The largest absolute Gasteiger partial charge is 0.399 e. The van der Waals surface area contributed by atoms with Gasteiger partial charge in [-0.25, -0.2) is 0 Å². The molecular weight excluding hydrogens is 184 g/mol. The van der Waals surface area contributed by atoms with Crippen molar-refractivity contribution in [2.45, 2.75) is 18.9 Å². The topological polar surface area (TPSA) is 38.0 Å². The van der Waals surface area contributed by atoms with E-state index in [1.807, 2.05) is 18.2 Å². The fraction of sp³-hybridized carbons (Fsp3) is 0.400. The van der Waals surface area contributed by atoms with Crippen LogP contribution in [-0.4, -0.2) is 6.54 Å². The minimum atomic E-state index is 0.399. The number of benzene rings is 1. The molecule has 1 fully saturated rings. The number of nitrogens with two attached hydrogens (primary N) is 1. The molecule has 0 aliphatic carbocycles. The third-order valence-corrected chi connectivity index (χ3v) is 2.80. The maximum atomic E-state index is 6.08. The van der Waals surface area contributed by atoms with Crippen molar-refractivity contribution in [2.24, 2.45) is 0 Å². The highest BCUT2D eigenvalue weighted by molar-refractivity contribution is 6.31. The highest BCUT2D eigenvalue weighted by Gasteiger charge is 2.18. The van der Waals surface area contributed by atoms with Crippen LogP contribution in [0.3, 0.4) is 0 Å². The van der Waals surface area contributed by atoms with Gasteiger partial charge in [0.25, 0.3) is 0 Å². The van der Waals surface area contributed by atoms with Gasteiger partial charge in [-0.1, -0.05) is 11.6 Å². The first-order valence-corrected chi connectivity index (χ1v) is 4.93. The van der Waals surface area contributed by atoms with Gasteiger partial charge in [-0.3, -0.25) is 0 Å². The number of halogens is 1. The van der Waals surface area contributed by atoms with Crippen LogP contribution in [0.1, 0.15) is 24.4 Å². The van der Waals surface area contributed by atoms with E-state index >= 15 is 0 Å². The molecule has 0 saturated carbocycles. The minimum absolute atomic E-state index is 0.399. The lowest BCUT2D eigenvalue weighted by Gasteiger charge is -2.12. The van der Waals surface area contributed by atoms with Crippen LogP contribution >= 0.6 is 11.6 Å². The molecule has 1 heterocycles. The quantitative estimate of drug-likeness (QED) is 0.677. The summed E-state index contributed by atoms with van der Waals surface area (Å²) in [5, 5.41) is 4.21. The summed E-state index contributed by atoms with van der Waals surface area (Å²) in [6.07, 6.45) is 2.37. The third-order valence-electron chi connectivity index (χ3n) is 2.46. The molecule has 70 valence electrons. The van der Waals surface area contributed by atoms with Crippen LogP contribution in [0.5, 0.6) is 0 Å². The fourth-order valence-electron chi connectivity index (χ4n) is 1.78. The fourth-order valence-corrected chi connectivity index (χ4v) is 2.03. The van der Waals surface area contributed by atoms with Gasteiger partial charge in [0.15, 0.2) is 0 Å². The van der Waals surface area contributed by atoms with Crippen LogP contribution < -0.4 is 11.1 Å². The van der Waals surface area contributed by atoms with Gasteiger partial charge in [0.1, 0.15) is 0 Å². The monoisotopic (exact) mass is 196 g/mol. The van der Waals surface area contributed by atoms with E-state index < -0.39 is 0 Å². The molecule has 13 heavy (non-hydrogen) atoms. The SMILES string of the molecule is Nc1ccc(Cl)c([C@@H]2CCCN2)c1. The molecule has 1 aromatic rings. The lowest BCUT2D eigenvalue weighted by atomic mass is 10.0. The van der Waals surface area contributed by atoms with E-state index in [1.165, 1.54) is 6.42 Å². The van der Waals surface area contributed by atoms with Gasteiger partial charge in [-0.2, -0.15) is 0 Å². The second-order valence-electron chi connectivity index (χ2n) is 3.43. The molecule has 0 aromatic heterocycles.